The predicted molar refractivity (Wildman–Crippen MR) is 67.8 cm³/mol. The summed E-state index contributed by atoms with van der Waals surface area (Å²) in [6.07, 6.45) is 6.65. The number of nitrogens with zero attached hydrogens (tertiary/aromatic N) is 5. The molecule has 0 unspecified atom stereocenters. The molecule has 2 aromatic rings. The molecule has 3 rings (SSSR count). The number of hydrogen-bond acceptors (Lipinski definition) is 4. The van der Waals surface area contributed by atoms with Gasteiger partial charge in [0.15, 0.2) is 0 Å². The number of aromatic nitrogens is 4. The molecular weight excluding hydrogens is 226 g/mol. The van der Waals surface area contributed by atoms with Crippen LogP contribution in [0, 0.1) is 6.92 Å². The smallest absolute Gasteiger partial charge is 0.0949 e. The molecule has 18 heavy (non-hydrogen) atoms. The van der Waals surface area contributed by atoms with E-state index in [2.05, 4.69) is 31.5 Å². The third-order valence-electron chi connectivity index (χ3n) is 3.40. The Kier molecular flexibility index (Phi) is 2.83. The third kappa shape index (κ3) is 2.13. The lowest BCUT2D eigenvalue weighted by Crippen LogP contribution is -2.31. The van der Waals surface area contributed by atoms with Crippen LogP contribution in [0.1, 0.15) is 22.8 Å². The van der Waals surface area contributed by atoms with Crippen LogP contribution in [0.2, 0.25) is 0 Å². The van der Waals surface area contributed by atoms with Crippen molar-refractivity contribution in [2.75, 3.05) is 6.54 Å². The van der Waals surface area contributed by atoms with Crippen molar-refractivity contribution in [2.45, 2.75) is 26.4 Å². The summed E-state index contributed by atoms with van der Waals surface area (Å²) >= 11 is 0. The Hall–Kier alpha value is -1.75. The molecule has 0 fully saturated rings. The van der Waals surface area contributed by atoms with Crippen LogP contribution in [0.4, 0.5) is 0 Å². The lowest BCUT2D eigenvalue weighted by atomic mass is 10.1. The quantitative estimate of drug-likeness (QED) is 0.792. The summed E-state index contributed by atoms with van der Waals surface area (Å²) in [7, 11) is 2.06. The molecule has 0 atom stereocenters. The molecule has 0 spiro atoms. The molecule has 0 radical (unpaired) electrons. The van der Waals surface area contributed by atoms with E-state index >= 15 is 0 Å². The molecule has 3 heterocycles. The Morgan fingerprint density at radius 2 is 2.11 bits per heavy atom. The van der Waals surface area contributed by atoms with Gasteiger partial charge in [-0.15, -0.1) is 0 Å². The molecule has 1 aliphatic heterocycles. The van der Waals surface area contributed by atoms with Gasteiger partial charge in [-0.3, -0.25) is 14.9 Å². The number of fused-ring (bicyclic) bond motifs is 1. The van der Waals surface area contributed by atoms with E-state index in [-0.39, 0.29) is 0 Å². The van der Waals surface area contributed by atoms with Gasteiger partial charge in [0.05, 0.1) is 23.4 Å². The maximum Gasteiger partial charge on any atom is 0.0949 e. The topological polar surface area (TPSA) is 46.8 Å². The fourth-order valence-electron chi connectivity index (χ4n) is 2.38. The van der Waals surface area contributed by atoms with Gasteiger partial charge in [0, 0.05) is 51.2 Å². The first kappa shape index (κ1) is 11.3. The van der Waals surface area contributed by atoms with Crippen molar-refractivity contribution >= 4 is 0 Å². The zero-order valence-electron chi connectivity index (χ0n) is 10.8. The van der Waals surface area contributed by atoms with Crippen LogP contribution in [0.3, 0.4) is 0 Å². The van der Waals surface area contributed by atoms with Gasteiger partial charge in [-0.05, 0) is 6.92 Å². The van der Waals surface area contributed by atoms with Gasteiger partial charge >= 0.3 is 0 Å². The first-order valence-corrected chi connectivity index (χ1v) is 6.21. The van der Waals surface area contributed by atoms with Crippen molar-refractivity contribution < 1.29 is 0 Å². The molecule has 5 nitrogen and oxygen atoms in total. The zero-order valence-corrected chi connectivity index (χ0v) is 10.8. The molecule has 0 amide bonds. The Labute approximate surface area is 107 Å². The summed E-state index contributed by atoms with van der Waals surface area (Å²) < 4.78 is 2.12. The first-order valence-electron chi connectivity index (χ1n) is 6.21. The average molecular weight is 243 g/mol. The molecule has 0 saturated carbocycles. The van der Waals surface area contributed by atoms with Gasteiger partial charge in [0.1, 0.15) is 0 Å². The highest BCUT2D eigenvalue weighted by Crippen LogP contribution is 2.18. The fraction of sp³-hybridized carbons (Fsp3) is 0.462. The minimum Gasteiger partial charge on any atom is -0.337 e. The third-order valence-corrected chi connectivity index (χ3v) is 3.40. The monoisotopic (exact) mass is 243 g/mol. The van der Waals surface area contributed by atoms with Crippen LogP contribution in [0.5, 0.6) is 0 Å². The molecule has 5 heteroatoms. The normalized spacial score (nSPS) is 15.7. The van der Waals surface area contributed by atoms with Gasteiger partial charge in [0.25, 0.3) is 0 Å². The zero-order chi connectivity index (χ0) is 12.5. The van der Waals surface area contributed by atoms with Crippen LogP contribution in [0.25, 0.3) is 0 Å². The van der Waals surface area contributed by atoms with E-state index in [1.165, 1.54) is 11.4 Å². The second kappa shape index (κ2) is 4.49. The summed E-state index contributed by atoms with van der Waals surface area (Å²) in [6.45, 7) is 4.77. The van der Waals surface area contributed by atoms with Gasteiger partial charge < -0.3 is 4.57 Å². The van der Waals surface area contributed by atoms with Crippen molar-refractivity contribution in [2.24, 2.45) is 7.05 Å². The highest BCUT2D eigenvalue weighted by molar-refractivity contribution is 5.16. The van der Waals surface area contributed by atoms with Gasteiger partial charge in [-0.1, -0.05) is 0 Å². The molecule has 0 aromatic carbocycles. The van der Waals surface area contributed by atoms with E-state index in [9.17, 15) is 0 Å². The average Bonchev–Trinajstić information content (AvgIpc) is 2.74. The highest BCUT2D eigenvalue weighted by atomic mass is 15.2. The molecule has 2 aromatic heterocycles. The Balaban J connectivity index is 1.71. The second-order valence-corrected chi connectivity index (χ2v) is 4.86. The van der Waals surface area contributed by atoms with Crippen LogP contribution in [-0.4, -0.2) is 31.0 Å². The van der Waals surface area contributed by atoms with Crippen molar-refractivity contribution in [1.29, 1.82) is 0 Å². The lowest BCUT2D eigenvalue weighted by molar-refractivity contribution is 0.237. The molecule has 0 bridgehead atoms. The second-order valence-electron chi connectivity index (χ2n) is 4.86. The fourth-order valence-corrected chi connectivity index (χ4v) is 2.38. The van der Waals surface area contributed by atoms with Crippen LogP contribution in [0.15, 0.2) is 18.7 Å². The van der Waals surface area contributed by atoms with E-state index in [4.69, 9.17) is 0 Å². The maximum absolute atomic E-state index is 4.45. The van der Waals surface area contributed by atoms with Crippen molar-refractivity contribution in [3.8, 4) is 0 Å². The number of rotatable bonds is 2. The summed E-state index contributed by atoms with van der Waals surface area (Å²) in [5.74, 6) is 0. The van der Waals surface area contributed by atoms with Crippen LogP contribution in [-0.2, 0) is 26.6 Å². The van der Waals surface area contributed by atoms with Gasteiger partial charge in [-0.2, -0.15) is 0 Å². The maximum atomic E-state index is 4.45. The standard InChI is InChI=1S/C13H17N5/c1-10-5-15-11(6-14-10)7-18-4-3-13-12(8-18)16-9-17(13)2/h5-6,9H,3-4,7-8H2,1-2H3. The minimum atomic E-state index is 0.850. The van der Waals surface area contributed by atoms with E-state index < -0.39 is 0 Å². The Morgan fingerprint density at radius 3 is 2.89 bits per heavy atom. The van der Waals surface area contributed by atoms with Crippen molar-refractivity contribution in [3.05, 3.63) is 41.5 Å². The summed E-state index contributed by atoms with van der Waals surface area (Å²) in [5, 5.41) is 0. The summed E-state index contributed by atoms with van der Waals surface area (Å²) in [6, 6.07) is 0. The molecule has 0 aliphatic carbocycles. The Morgan fingerprint density at radius 1 is 1.22 bits per heavy atom. The largest absolute Gasteiger partial charge is 0.337 e. The van der Waals surface area contributed by atoms with Gasteiger partial charge in [-0.25, -0.2) is 4.98 Å². The molecule has 1 aliphatic rings. The van der Waals surface area contributed by atoms with E-state index in [1.807, 2.05) is 25.6 Å². The number of aryl methyl sites for hydroxylation is 2. The van der Waals surface area contributed by atoms with E-state index in [0.29, 0.717) is 0 Å². The minimum absolute atomic E-state index is 0.850. The summed E-state index contributed by atoms with van der Waals surface area (Å²) in [5.41, 5.74) is 4.55. The van der Waals surface area contributed by atoms with Crippen molar-refractivity contribution in [1.82, 2.24) is 24.4 Å². The van der Waals surface area contributed by atoms with E-state index in [1.54, 1.807) is 0 Å². The van der Waals surface area contributed by atoms with Crippen molar-refractivity contribution in [3.63, 3.8) is 0 Å². The molecule has 94 valence electrons. The van der Waals surface area contributed by atoms with Gasteiger partial charge in [0.2, 0.25) is 0 Å². The van der Waals surface area contributed by atoms with Crippen LogP contribution >= 0.6 is 0 Å². The molecule has 0 saturated heterocycles. The number of imidazole rings is 1. The van der Waals surface area contributed by atoms with E-state index in [0.717, 1.165) is 37.4 Å². The SMILES string of the molecule is Cc1cnc(CN2CCc3c(ncn3C)C2)cn1. The molecular formula is C13H17N5. The lowest BCUT2D eigenvalue weighted by Gasteiger charge is -2.26. The Bertz CT molecular complexity index is 543. The highest BCUT2D eigenvalue weighted by Gasteiger charge is 2.20. The predicted octanol–water partition coefficient (Wildman–Crippen LogP) is 1.08. The number of hydrogen-bond donors (Lipinski definition) is 0. The van der Waals surface area contributed by atoms with Crippen LogP contribution < -0.4 is 0 Å². The molecule has 0 N–H and O–H groups in total. The summed E-state index contributed by atoms with van der Waals surface area (Å²) in [4.78, 5) is 15.5. The first-order chi connectivity index (χ1) is 8.72.